The van der Waals surface area contributed by atoms with Crippen LogP contribution in [0, 0.1) is 0 Å². The van der Waals surface area contributed by atoms with Gasteiger partial charge in [-0.3, -0.25) is 4.79 Å². The maximum absolute atomic E-state index is 11.4. The zero-order valence-corrected chi connectivity index (χ0v) is 11.4. The average molecular weight is 250 g/mol. The van der Waals surface area contributed by atoms with E-state index in [0.29, 0.717) is 26.1 Å². The van der Waals surface area contributed by atoms with E-state index >= 15 is 0 Å². The Morgan fingerprint density at radius 2 is 1.83 bits per heavy atom. The lowest BCUT2D eigenvalue weighted by molar-refractivity contribution is -0.155. The minimum atomic E-state index is -0.401. The predicted molar refractivity (Wildman–Crippen MR) is 71.2 cm³/mol. The Bertz CT molecular complexity index is 352. The van der Waals surface area contributed by atoms with Crippen molar-refractivity contribution in [1.29, 1.82) is 0 Å². The molecule has 3 nitrogen and oxygen atoms in total. The van der Waals surface area contributed by atoms with Crippen LogP contribution in [0.1, 0.15) is 39.2 Å². The first-order valence-electron chi connectivity index (χ1n) is 6.31. The topological polar surface area (TPSA) is 35.5 Å². The van der Waals surface area contributed by atoms with Crippen molar-refractivity contribution in [2.75, 3.05) is 6.61 Å². The van der Waals surface area contributed by atoms with E-state index in [0.717, 1.165) is 5.56 Å². The first-order chi connectivity index (χ1) is 8.47. The first kappa shape index (κ1) is 14.7. The maximum atomic E-state index is 11.4. The van der Waals surface area contributed by atoms with Crippen molar-refractivity contribution in [1.82, 2.24) is 0 Å². The van der Waals surface area contributed by atoms with E-state index in [1.807, 2.05) is 51.1 Å². The van der Waals surface area contributed by atoms with Gasteiger partial charge >= 0.3 is 5.97 Å². The largest absolute Gasteiger partial charge is 0.460 e. The van der Waals surface area contributed by atoms with Gasteiger partial charge in [0.05, 0.1) is 6.61 Å². The summed E-state index contributed by atoms with van der Waals surface area (Å²) in [6, 6.07) is 9.99. The predicted octanol–water partition coefficient (Wildman–Crippen LogP) is 3.33. The Balaban J connectivity index is 2.07. The smallest absolute Gasteiger partial charge is 0.306 e. The molecule has 0 aliphatic heterocycles. The van der Waals surface area contributed by atoms with Crippen LogP contribution in [-0.4, -0.2) is 18.2 Å². The molecule has 0 N–H and O–H groups in total. The van der Waals surface area contributed by atoms with Crippen molar-refractivity contribution in [2.24, 2.45) is 0 Å². The fourth-order valence-corrected chi connectivity index (χ4v) is 1.48. The number of ether oxygens (including phenoxy) is 2. The molecular formula is C15H22O3. The molecule has 18 heavy (non-hydrogen) atoms. The maximum Gasteiger partial charge on any atom is 0.306 e. The molecule has 0 spiro atoms. The van der Waals surface area contributed by atoms with Crippen LogP contribution >= 0.6 is 0 Å². The number of hydrogen-bond donors (Lipinski definition) is 0. The fraction of sp³-hybridized carbons (Fsp3) is 0.533. The third-order valence-corrected chi connectivity index (χ3v) is 2.20. The summed E-state index contributed by atoms with van der Waals surface area (Å²) in [6.45, 7) is 6.79. The molecule has 0 atom stereocenters. The van der Waals surface area contributed by atoms with Crippen LogP contribution in [0.2, 0.25) is 0 Å². The van der Waals surface area contributed by atoms with Gasteiger partial charge in [0, 0.05) is 13.0 Å². The number of benzene rings is 1. The molecule has 0 aliphatic rings. The Morgan fingerprint density at radius 3 is 2.44 bits per heavy atom. The monoisotopic (exact) mass is 250 g/mol. The van der Waals surface area contributed by atoms with Crippen molar-refractivity contribution in [3.63, 3.8) is 0 Å². The summed E-state index contributed by atoms with van der Waals surface area (Å²) in [4.78, 5) is 11.4. The normalized spacial score (nSPS) is 11.3. The number of rotatable bonds is 6. The molecule has 0 aromatic heterocycles. The summed E-state index contributed by atoms with van der Waals surface area (Å²) in [5, 5.41) is 0. The Kier molecular flexibility index (Phi) is 5.86. The highest BCUT2D eigenvalue weighted by atomic mass is 16.6. The highest BCUT2D eigenvalue weighted by molar-refractivity contribution is 5.69. The molecule has 0 unspecified atom stereocenters. The number of hydrogen-bond acceptors (Lipinski definition) is 3. The van der Waals surface area contributed by atoms with Gasteiger partial charge in [0.2, 0.25) is 0 Å². The molecular weight excluding hydrogens is 228 g/mol. The lowest BCUT2D eigenvalue weighted by atomic mass is 10.2. The van der Waals surface area contributed by atoms with Gasteiger partial charge in [-0.25, -0.2) is 0 Å². The molecule has 0 aliphatic carbocycles. The van der Waals surface area contributed by atoms with Gasteiger partial charge in [-0.2, -0.15) is 0 Å². The summed E-state index contributed by atoms with van der Waals surface area (Å²) in [5.41, 5.74) is 0.747. The zero-order chi connectivity index (χ0) is 13.4. The second-order valence-electron chi connectivity index (χ2n) is 5.23. The van der Waals surface area contributed by atoms with E-state index in [9.17, 15) is 4.79 Å². The molecule has 1 rings (SSSR count). The van der Waals surface area contributed by atoms with Crippen LogP contribution in [0.25, 0.3) is 0 Å². The molecule has 0 amide bonds. The highest BCUT2D eigenvalue weighted by Crippen LogP contribution is 2.09. The first-order valence-corrected chi connectivity index (χ1v) is 6.31. The van der Waals surface area contributed by atoms with Gasteiger partial charge in [0.15, 0.2) is 0 Å². The Hall–Kier alpha value is -1.35. The van der Waals surface area contributed by atoms with Crippen LogP contribution < -0.4 is 0 Å². The van der Waals surface area contributed by atoms with Crippen molar-refractivity contribution in [2.45, 2.75) is 45.8 Å². The highest BCUT2D eigenvalue weighted by Gasteiger charge is 2.15. The van der Waals surface area contributed by atoms with E-state index in [-0.39, 0.29) is 5.97 Å². The van der Waals surface area contributed by atoms with E-state index in [1.165, 1.54) is 0 Å². The number of esters is 1. The van der Waals surface area contributed by atoms with Crippen molar-refractivity contribution < 1.29 is 14.3 Å². The third kappa shape index (κ3) is 7.07. The van der Waals surface area contributed by atoms with Crippen molar-refractivity contribution in [3.8, 4) is 0 Å². The molecule has 100 valence electrons. The Morgan fingerprint density at radius 1 is 1.17 bits per heavy atom. The van der Waals surface area contributed by atoms with Gasteiger partial charge in [-0.05, 0) is 32.8 Å². The minimum Gasteiger partial charge on any atom is -0.460 e. The van der Waals surface area contributed by atoms with E-state index in [1.54, 1.807) is 0 Å². The standard InChI is InChI=1S/C15H22O3/c1-15(2,3)18-14(16)10-7-11-17-12-13-8-5-4-6-9-13/h4-6,8-9H,7,10-12H2,1-3H3. The van der Waals surface area contributed by atoms with E-state index in [4.69, 9.17) is 9.47 Å². The summed E-state index contributed by atoms with van der Waals surface area (Å²) in [6.07, 6.45) is 1.10. The average Bonchev–Trinajstić information content (AvgIpc) is 2.27. The molecule has 3 heteroatoms. The molecule has 1 aromatic carbocycles. The molecule has 0 radical (unpaired) electrons. The lowest BCUT2D eigenvalue weighted by Crippen LogP contribution is -2.23. The third-order valence-electron chi connectivity index (χ3n) is 2.20. The van der Waals surface area contributed by atoms with Crippen LogP contribution in [-0.2, 0) is 20.9 Å². The lowest BCUT2D eigenvalue weighted by Gasteiger charge is -2.19. The minimum absolute atomic E-state index is 0.161. The molecule has 0 fully saturated rings. The second kappa shape index (κ2) is 7.17. The van der Waals surface area contributed by atoms with Crippen molar-refractivity contribution in [3.05, 3.63) is 35.9 Å². The summed E-state index contributed by atoms with van der Waals surface area (Å²) in [7, 11) is 0. The molecule has 0 saturated heterocycles. The second-order valence-corrected chi connectivity index (χ2v) is 5.23. The van der Waals surface area contributed by atoms with E-state index < -0.39 is 5.60 Å². The van der Waals surface area contributed by atoms with Crippen LogP contribution in [0.5, 0.6) is 0 Å². The van der Waals surface area contributed by atoms with Gasteiger partial charge in [0.1, 0.15) is 5.60 Å². The quantitative estimate of drug-likeness (QED) is 0.574. The van der Waals surface area contributed by atoms with Gasteiger partial charge in [-0.15, -0.1) is 0 Å². The van der Waals surface area contributed by atoms with Gasteiger partial charge < -0.3 is 9.47 Å². The van der Waals surface area contributed by atoms with Gasteiger partial charge in [-0.1, -0.05) is 30.3 Å². The number of carbonyl (C=O) groups excluding carboxylic acids is 1. The molecule has 0 bridgehead atoms. The fourth-order valence-electron chi connectivity index (χ4n) is 1.48. The SMILES string of the molecule is CC(C)(C)OC(=O)CCCOCc1ccccc1. The Labute approximate surface area is 109 Å². The van der Waals surface area contributed by atoms with Crippen LogP contribution in [0.3, 0.4) is 0 Å². The van der Waals surface area contributed by atoms with Crippen molar-refractivity contribution >= 4 is 5.97 Å². The van der Waals surface area contributed by atoms with Gasteiger partial charge in [0.25, 0.3) is 0 Å². The summed E-state index contributed by atoms with van der Waals surface area (Å²) in [5.74, 6) is -0.161. The van der Waals surface area contributed by atoms with E-state index in [2.05, 4.69) is 0 Å². The molecule has 1 aromatic rings. The molecule has 0 heterocycles. The summed E-state index contributed by atoms with van der Waals surface area (Å²) >= 11 is 0. The van der Waals surface area contributed by atoms with Crippen LogP contribution in [0.15, 0.2) is 30.3 Å². The van der Waals surface area contributed by atoms with Crippen LogP contribution in [0.4, 0.5) is 0 Å². The molecule has 0 saturated carbocycles. The number of carbonyl (C=O) groups is 1. The zero-order valence-electron chi connectivity index (χ0n) is 11.4. The summed E-state index contributed by atoms with van der Waals surface area (Å²) < 4.78 is 10.7.